The van der Waals surface area contributed by atoms with Crippen LogP contribution in [0.3, 0.4) is 0 Å². The molecule has 0 saturated carbocycles. The molecule has 1 saturated heterocycles. The maximum absolute atomic E-state index is 10.7. The lowest BCUT2D eigenvalue weighted by Gasteiger charge is -2.40. The number of aliphatic hydroxyl groups is 1. The van der Waals surface area contributed by atoms with Gasteiger partial charge in [-0.25, -0.2) is 0 Å². The number of aliphatic hydroxyl groups excluding tert-OH is 1. The van der Waals surface area contributed by atoms with E-state index in [2.05, 4.69) is 0 Å². The molecule has 1 aromatic carbocycles. The van der Waals surface area contributed by atoms with Crippen LogP contribution in [0.2, 0.25) is 0 Å². The summed E-state index contributed by atoms with van der Waals surface area (Å²) in [5, 5.41) is 10.7. The summed E-state index contributed by atoms with van der Waals surface area (Å²) in [6.45, 7) is 4.26. The SMILES string of the molecule is CCOc1cccc(C(O)C2(CN)CCCOC2)c1. The highest BCUT2D eigenvalue weighted by Gasteiger charge is 2.39. The van der Waals surface area contributed by atoms with Crippen molar-refractivity contribution in [2.24, 2.45) is 11.1 Å². The molecular weight excluding hydrogens is 242 g/mol. The molecule has 2 rings (SSSR count). The van der Waals surface area contributed by atoms with E-state index in [9.17, 15) is 5.11 Å². The molecule has 0 aromatic heterocycles. The lowest BCUT2D eigenvalue weighted by Crippen LogP contribution is -2.43. The molecule has 0 radical (unpaired) electrons. The second kappa shape index (κ2) is 6.37. The minimum Gasteiger partial charge on any atom is -0.494 e. The molecule has 3 N–H and O–H groups in total. The molecule has 1 aromatic rings. The smallest absolute Gasteiger partial charge is 0.119 e. The van der Waals surface area contributed by atoms with Crippen LogP contribution in [-0.4, -0.2) is 31.5 Å². The van der Waals surface area contributed by atoms with Crippen LogP contribution in [0, 0.1) is 5.41 Å². The predicted octanol–water partition coefficient (Wildman–Crippen LogP) is 1.87. The molecule has 1 aliphatic heterocycles. The largest absolute Gasteiger partial charge is 0.494 e. The highest BCUT2D eigenvalue weighted by atomic mass is 16.5. The number of nitrogens with two attached hydrogens (primary N) is 1. The van der Waals surface area contributed by atoms with Gasteiger partial charge in [-0.2, -0.15) is 0 Å². The predicted molar refractivity (Wildman–Crippen MR) is 74.1 cm³/mol. The minimum absolute atomic E-state index is 0.372. The summed E-state index contributed by atoms with van der Waals surface area (Å²) >= 11 is 0. The zero-order valence-electron chi connectivity index (χ0n) is 11.5. The fourth-order valence-electron chi connectivity index (χ4n) is 2.66. The van der Waals surface area contributed by atoms with E-state index in [1.54, 1.807) is 0 Å². The molecule has 2 unspecified atom stereocenters. The van der Waals surface area contributed by atoms with E-state index in [0.29, 0.717) is 19.8 Å². The third kappa shape index (κ3) is 3.08. The van der Waals surface area contributed by atoms with Crippen LogP contribution < -0.4 is 10.5 Å². The maximum atomic E-state index is 10.7. The number of hydrogen-bond acceptors (Lipinski definition) is 4. The van der Waals surface area contributed by atoms with Crippen molar-refractivity contribution in [3.05, 3.63) is 29.8 Å². The van der Waals surface area contributed by atoms with Crippen LogP contribution in [0.1, 0.15) is 31.4 Å². The van der Waals surface area contributed by atoms with Crippen LogP contribution in [0.25, 0.3) is 0 Å². The Hall–Kier alpha value is -1.10. The molecular formula is C15H23NO3. The molecule has 106 valence electrons. The third-order valence-electron chi connectivity index (χ3n) is 3.82. The molecule has 0 amide bonds. The zero-order chi connectivity index (χ0) is 13.7. The molecule has 19 heavy (non-hydrogen) atoms. The van der Waals surface area contributed by atoms with E-state index < -0.39 is 6.10 Å². The van der Waals surface area contributed by atoms with E-state index in [0.717, 1.165) is 30.8 Å². The Labute approximate surface area is 114 Å². The molecule has 0 bridgehead atoms. The Morgan fingerprint density at radius 3 is 3.00 bits per heavy atom. The second-order valence-corrected chi connectivity index (χ2v) is 5.13. The Bertz CT molecular complexity index is 402. The Morgan fingerprint density at radius 1 is 1.53 bits per heavy atom. The number of benzene rings is 1. The first-order valence-corrected chi connectivity index (χ1v) is 6.90. The minimum atomic E-state index is -0.613. The van der Waals surface area contributed by atoms with Gasteiger partial charge in [-0.15, -0.1) is 0 Å². The summed E-state index contributed by atoms with van der Waals surface area (Å²) in [7, 11) is 0. The van der Waals surface area contributed by atoms with Gasteiger partial charge < -0.3 is 20.3 Å². The van der Waals surface area contributed by atoms with E-state index in [-0.39, 0.29) is 5.41 Å². The normalized spacial score (nSPS) is 25.0. The Balaban J connectivity index is 2.21. The number of ether oxygens (including phenoxy) is 2. The van der Waals surface area contributed by atoms with Crippen molar-refractivity contribution in [1.29, 1.82) is 0 Å². The lowest BCUT2D eigenvalue weighted by molar-refractivity contribution is -0.0782. The van der Waals surface area contributed by atoms with Crippen molar-refractivity contribution in [3.63, 3.8) is 0 Å². The van der Waals surface area contributed by atoms with Gasteiger partial charge in [0.1, 0.15) is 5.75 Å². The molecule has 0 aliphatic carbocycles. The van der Waals surface area contributed by atoms with E-state index in [1.165, 1.54) is 0 Å². The van der Waals surface area contributed by atoms with Gasteiger partial charge >= 0.3 is 0 Å². The fourth-order valence-corrected chi connectivity index (χ4v) is 2.66. The average molecular weight is 265 g/mol. The highest BCUT2D eigenvalue weighted by molar-refractivity contribution is 5.31. The number of hydrogen-bond donors (Lipinski definition) is 2. The van der Waals surface area contributed by atoms with Gasteiger partial charge in [0.25, 0.3) is 0 Å². The first kappa shape index (κ1) is 14.3. The van der Waals surface area contributed by atoms with E-state index in [1.807, 2.05) is 31.2 Å². The van der Waals surface area contributed by atoms with Crippen molar-refractivity contribution in [3.8, 4) is 5.75 Å². The van der Waals surface area contributed by atoms with Crippen molar-refractivity contribution in [1.82, 2.24) is 0 Å². The first-order chi connectivity index (χ1) is 9.22. The molecule has 2 atom stereocenters. The van der Waals surface area contributed by atoms with Gasteiger partial charge in [0.05, 0.1) is 19.3 Å². The molecule has 1 aliphatic rings. The topological polar surface area (TPSA) is 64.7 Å². The Kier molecular flexibility index (Phi) is 4.80. The van der Waals surface area contributed by atoms with Gasteiger partial charge in [-0.3, -0.25) is 0 Å². The molecule has 1 fully saturated rings. The average Bonchev–Trinajstić information content (AvgIpc) is 2.48. The summed E-state index contributed by atoms with van der Waals surface area (Å²) in [5.74, 6) is 0.781. The zero-order valence-corrected chi connectivity index (χ0v) is 11.5. The van der Waals surface area contributed by atoms with E-state index in [4.69, 9.17) is 15.2 Å². The van der Waals surface area contributed by atoms with Gasteiger partial charge in [-0.05, 0) is 37.5 Å². The van der Waals surface area contributed by atoms with Gasteiger partial charge in [0, 0.05) is 18.6 Å². The Morgan fingerprint density at radius 2 is 2.37 bits per heavy atom. The summed E-state index contributed by atoms with van der Waals surface area (Å²) < 4.78 is 11.0. The standard InChI is InChI=1S/C15H23NO3/c1-2-19-13-6-3-5-12(9-13)14(17)15(10-16)7-4-8-18-11-15/h3,5-6,9,14,17H,2,4,7-8,10-11,16H2,1H3. The molecule has 4 nitrogen and oxygen atoms in total. The molecule has 1 heterocycles. The third-order valence-corrected chi connectivity index (χ3v) is 3.82. The van der Waals surface area contributed by atoms with Crippen LogP contribution in [-0.2, 0) is 4.74 Å². The van der Waals surface area contributed by atoms with Gasteiger partial charge in [0.2, 0.25) is 0 Å². The van der Waals surface area contributed by atoms with Crippen LogP contribution in [0.5, 0.6) is 5.75 Å². The highest BCUT2D eigenvalue weighted by Crippen LogP contribution is 2.40. The summed E-state index contributed by atoms with van der Waals surface area (Å²) in [6, 6.07) is 7.60. The van der Waals surface area contributed by atoms with Crippen molar-refractivity contribution >= 4 is 0 Å². The maximum Gasteiger partial charge on any atom is 0.119 e. The molecule has 4 heteroatoms. The first-order valence-electron chi connectivity index (χ1n) is 6.90. The van der Waals surface area contributed by atoms with E-state index >= 15 is 0 Å². The van der Waals surface area contributed by atoms with Crippen LogP contribution in [0.4, 0.5) is 0 Å². The van der Waals surface area contributed by atoms with Crippen molar-refractivity contribution in [2.75, 3.05) is 26.4 Å². The van der Waals surface area contributed by atoms with Gasteiger partial charge in [-0.1, -0.05) is 12.1 Å². The summed E-state index contributed by atoms with van der Waals surface area (Å²) in [4.78, 5) is 0. The second-order valence-electron chi connectivity index (χ2n) is 5.13. The number of rotatable bonds is 5. The summed E-state index contributed by atoms with van der Waals surface area (Å²) in [6.07, 6.45) is 1.22. The lowest BCUT2D eigenvalue weighted by atomic mass is 9.75. The van der Waals surface area contributed by atoms with Gasteiger partial charge in [0.15, 0.2) is 0 Å². The molecule has 0 spiro atoms. The fraction of sp³-hybridized carbons (Fsp3) is 0.600. The summed E-state index contributed by atoms with van der Waals surface area (Å²) in [5.41, 5.74) is 6.38. The van der Waals surface area contributed by atoms with Crippen LogP contribution in [0.15, 0.2) is 24.3 Å². The monoisotopic (exact) mass is 265 g/mol. The van der Waals surface area contributed by atoms with Crippen molar-refractivity contribution in [2.45, 2.75) is 25.9 Å². The van der Waals surface area contributed by atoms with Crippen LogP contribution >= 0.6 is 0 Å². The van der Waals surface area contributed by atoms with Crippen molar-refractivity contribution < 1.29 is 14.6 Å². The quantitative estimate of drug-likeness (QED) is 0.853.